The van der Waals surface area contributed by atoms with Crippen molar-refractivity contribution >= 4 is 0 Å². The summed E-state index contributed by atoms with van der Waals surface area (Å²) in [4.78, 5) is 0. The Morgan fingerprint density at radius 3 is 2.67 bits per heavy atom. The van der Waals surface area contributed by atoms with E-state index in [1.807, 2.05) is 12.4 Å². The number of nitrogens with one attached hydrogen (secondary N) is 1. The van der Waals surface area contributed by atoms with Gasteiger partial charge in [-0.05, 0) is 24.6 Å². The average Bonchev–Trinajstić information content (AvgIpc) is 2.18. The highest BCUT2D eigenvalue weighted by molar-refractivity contribution is 5.53. The van der Waals surface area contributed by atoms with Crippen molar-refractivity contribution in [2.45, 2.75) is 13.5 Å². The number of ether oxygens (including phenoxy) is 2. The third-order valence-electron chi connectivity index (χ3n) is 1.88. The van der Waals surface area contributed by atoms with Crippen molar-refractivity contribution in [1.82, 2.24) is 5.48 Å². The van der Waals surface area contributed by atoms with Crippen molar-refractivity contribution in [3.05, 3.63) is 17.7 Å². The molecule has 0 saturated carbocycles. The molecule has 0 amide bonds. The van der Waals surface area contributed by atoms with Crippen LogP contribution in [-0.4, -0.2) is 24.0 Å². The molecule has 15 heavy (non-hydrogen) atoms. The summed E-state index contributed by atoms with van der Waals surface area (Å²) in [7, 11) is 1.46. The number of methoxy groups -OCH3 is 1. The van der Waals surface area contributed by atoms with Gasteiger partial charge in [0.2, 0.25) is 5.75 Å². The minimum atomic E-state index is -0.00583. The maximum Gasteiger partial charge on any atom is 0.203 e. The second kappa shape index (κ2) is 5.43. The van der Waals surface area contributed by atoms with E-state index in [0.29, 0.717) is 23.7 Å². The summed E-state index contributed by atoms with van der Waals surface area (Å²) in [5, 5.41) is 18.2. The first-order valence-electron chi connectivity index (χ1n) is 4.62. The van der Waals surface area contributed by atoms with Gasteiger partial charge in [-0.2, -0.15) is 0 Å². The van der Waals surface area contributed by atoms with E-state index in [2.05, 4.69) is 0 Å². The molecule has 0 aliphatic heterocycles. The Bertz CT molecular complexity index is 327. The Hall–Kier alpha value is -1.46. The van der Waals surface area contributed by atoms with Gasteiger partial charge in [-0.1, -0.05) is 0 Å². The summed E-state index contributed by atoms with van der Waals surface area (Å²) in [5.74, 6) is 0.762. The van der Waals surface area contributed by atoms with E-state index in [1.54, 1.807) is 6.07 Å². The van der Waals surface area contributed by atoms with Crippen LogP contribution in [0.5, 0.6) is 17.2 Å². The van der Waals surface area contributed by atoms with Crippen LogP contribution in [0.4, 0.5) is 0 Å². The smallest absolute Gasteiger partial charge is 0.203 e. The highest BCUT2D eigenvalue weighted by Gasteiger charge is 2.11. The van der Waals surface area contributed by atoms with Gasteiger partial charge in [0, 0.05) is 6.54 Å². The fraction of sp³-hybridized carbons (Fsp3) is 0.400. The number of hydrogen-bond donors (Lipinski definition) is 3. The van der Waals surface area contributed by atoms with E-state index < -0.39 is 0 Å². The van der Waals surface area contributed by atoms with E-state index in [4.69, 9.17) is 14.7 Å². The van der Waals surface area contributed by atoms with Gasteiger partial charge in [0.25, 0.3) is 0 Å². The summed E-state index contributed by atoms with van der Waals surface area (Å²) < 4.78 is 10.3. The SMILES string of the molecule is CCOc1cc(CNO)cc(O)c1OC. The van der Waals surface area contributed by atoms with Gasteiger partial charge >= 0.3 is 0 Å². The Balaban J connectivity index is 3.07. The van der Waals surface area contributed by atoms with Crippen LogP contribution in [0, 0.1) is 0 Å². The van der Waals surface area contributed by atoms with E-state index in [1.165, 1.54) is 13.2 Å². The number of hydrogen-bond acceptors (Lipinski definition) is 5. The van der Waals surface area contributed by atoms with Crippen molar-refractivity contribution < 1.29 is 19.8 Å². The molecular weight excluding hydrogens is 198 g/mol. The average molecular weight is 213 g/mol. The summed E-state index contributed by atoms with van der Waals surface area (Å²) in [6.07, 6.45) is 0. The molecule has 0 radical (unpaired) electrons. The first-order valence-corrected chi connectivity index (χ1v) is 4.62. The Kier molecular flexibility index (Phi) is 4.20. The first-order chi connectivity index (χ1) is 7.22. The summed E-state index contributed by atoms with van der Waals surface area (Å²) in [6, 6.07) is 3.20. The fourth-order valence-corrected chi connectivity index (χ4v) is 1.30. The van der Waals surface area contributed by atoms with Crippen LogP contribution in [0.25, 0.3) is 0 Å². The standard InChI is InChI=1S/C10H15NO4/c1-3-15-9-5-7(6-11-13)4-8(12)10(9)14-2/h4-5,11-13H,3,6H2,1-2H3. The minimum absolute atomic E-state index is 0.00583. The van der Waals surface area contributed by atoms with Crippen molar-refractivity contribution in [2.24, 2.45) is 0 Å². The van der Waals surface area contributed by atoms with Crippen LogP contribution in [0.15, 0.2) is 12.1 Å². The molecule has 0 fully saturated rings. The van der Waals surface area contributed by atoms with Crippen molar-refractivity contribution in [3.8, 4) is 17.2 Å². The highest BCUT2D eigenvalue weighted by Crippen LogP contribution is 2.37. The van der Waals surface area contributed by atoms with Gasteiger partial charge in [0.1, 0.15) is 0 Å². The number of rotatable bonds is 5. The van der Waals surface area contributed by atoms with Crippen LogP contribution in [0.2, 0.25) is 0 Å². The molecule has 0 bridgehead atoms. The quantitative estimate of drug-likeness (QED) is 0.643. The molecule has 1 aromatic rings. The molecule has 1 aromatic carbocycles. The van der Waals surface area contributed by atoms with Gasteiger partial charge in [-0.25, -0.2) is 5.48 Å². The second-order valence-electron chi connectivity index (χ2n) is 2.91. The molecule has 0 aromatic heterocycles. The third-order valence-corrected chi connectivity index (χ3v) is 1.88. The molecule has 5 nitrogen and oxygen atoms in total. The molecule has 0 heterocycles. The minimum Gasteiger partial charge on any atom is -0.504 e. The predicted molar refractivity (Wildman–Crippen MR) is 54.5 cm³/mol. The van der Waals surface area contributed by atoms with Crippen LogP contribution in [0.3, 0.4) is 0 Å². The molecule has 0 atom stereocenters. The first kappa shape index (κ1) is 11.6. The van der Waals surface area contributed by atoms with E-state index in [-0.39, 0.29) is 12.3 Å². The third kappa shape index (κ3) is 2.74. The highest BCUT2D eigenvalue weighted by atomic mass is 16.5. The maximum atomic E-state index is 9.61. The van der Waals surface area contributed by atoms with Crippen molar-refractivity contribution in [2.75, 3.05) is 13.7 Å². The molecule has 0 spiro atoms. The predicted octanol–water partition coefficient (Wildman–Crippen LogP) is 1.28. The fourth-order valence-electron chi connectivity index (χ4n) is 1.30. The maximum absolute atomic E-state index is 9.61. The van der Waals surface area contributed by atoms with Gasteiger partial charge in [0.05, 0.1) is 13.7 Å². The Labute approximate surface area is 88.2 Å². The largest absolute Gasteiger partial charge is 0.504 e. The van der Waals surface area contributed by atoms with Crippen LogP contribution < -0.4 is 15.0 Å². The van der Waals surface area contributed by atoms with Crippen LogP contribution >= 0.6 is 0 Å². The van der Waals surface area contributed by atoms with Gasteiger partial charge < -0.3 is 19.8 Å². The van der Waals surface area contributed by atoms with E-state index >= 15 is 0 Å². The number of phenols is 1. The normalized spacial score (nSPS) is 10.1. The summed E-state index contributed by atoms with van der Waals surface area (Å²) in [6.45, 7) is 2.55. The zero-order chi connectivity index (χ0) is 11.3. The summed E-state index contributed by atoms with van der Waals surface area (Å²) in [5.41, 5.74) is 2.72. The topological polar surface area (TPSA) is 71.0 Å². The second-order valence-corrected chi connectivity index (χ2v) is 2.91. The number of benzene rings is 1. The molecule has 84 valence electrons. The number of hydroxylamine groups is 1. The Morgan fingerprint density at radius 1 is 1.40 bits per heavy atom. The van der Waals surface area contributed by atoms with Crippen molar-refractivity contribution in [1.29, 1.82) is 0 Å². The molecule has 0 unspecified atom stereocenters. The van der Waals surface area contributed by atoms with Crippen LogP contribution in [0.1, 0.15) is 12.5 Å². The lowest BCUT2D eigenvalue weighted by Gasteiger charge is -2.12. The lowest BCUT2D eigenvalue weighted by atomic mass is 10.2. The van der Waals surface area contributed by atoms with E-state index in [9.17, 15) is 5.11 Å². The molecule has 0 aliphatic carbocycles. The Morgan fingerprint density at radius 2 is 2.13 bits per heavy atom. The molecule has 5 heteroatoms. The zero-order valence-corrected chi connectivity index (χ0v) is 8.78. The monoisotopic (exact) mass is 213 g/mol. The number of phenolic OH excluding ortho intramolecular Hbond substituents is 1. The van der Waals surface area contributed by atoms with Crippen molar-refractivity contribution in [3.63, 3.8) is 0 Å². The van der Waals surface area contributed by atoms with Gasteiger partial charge in [-0.3, -0.25) is 0 Å². The molecule has 3 N–H and O–H groups in total. The molecule has 0 aliphatic rings. The van der Waals surface area contributed by atoms with Gasteiger partial charge in [-0.15, -0.1) is 0 Å². The lowest BCUT2D eigenvalue weighted by Crippen LogP contribution is -2.06. The van der Waals surface area contributed by atoms with Crippen LogP contribution in [-0.2, 0) is 6.54 Å². The number of aromatic hydroxyl groups is 1. The van der Waals surface area contributed by atoms with E-state index in [0.717, 1.165) is 0 Å². The van der Waals surface area contributed by atoms with Gasteiger partial charge in [0.15, 0.2) is 11.5 Å². The lowest BCUT2D eigenvalue weighted by molar-refractivity contribution is 0.161. The molecule has 0 saturated heterocycles. The molecular formula is C10H15NO4. The molecule has 1 rings (SSSR count). The zero-order valence-electron chi connectivity index (χ0n) is 8.78. The summed E-state index contributed by atoms with van der Waals surface area (Å²) >= 11 is 0.